The molecule has 3 aliphatic heterocycles. The lowest BCUT2D eigenvalue weighted by atomic mass is 9.83. The molecule has 0 aromatic carbocycles. The van der Waals surface area contributed by atoms with Gasteiger partial charge in [-0.1, -0.05) is 25.7 Å². The van der Waals surface area contributed by atoms with Crippen molar-refractivity contribution in [1.82, 2.24) is 19.8 Å². The van der Waals surface area contributed by atoms with E-state index in [2.05, 4.69) is 9.80 Å². The molecule has 6 rings (SSSR count). The van der Waals surface area contributed by atoms with Crippen molar-refractivity contribution in [2.45, 2.75) is 82.7 Å². The van der Waals surface area contributed by atoms with E-state index in [1.807, 2.05) is 12.4 Å². The summed E-state index contributed by atoms with van der Waals surface area (Å²) in [6.45, 7) is 3.80. The minimum absolute atomic E-state index is 0.196. The van der Waals surface area contributed by atoms with Gasteiger partial charge in [0.1, 0.15) is 5.82 Å². The van der Waals surface area contributed by atoms with Crippen LogP contribution in [-0.2, 0) is 11.3 Å². The van der Waals surface area contributed by atoms with Crippen LogP contribution in [0.5, 0.6) is 0 Å². The highest BCUT2D eigenvalue weighted by molar-refractivity contribution is 5.80. The van der Waals surface area contributed by atoms with E-state index in [-0.39, 0.29) is 5.92 Å². The normalized spacial score (nSPS) is 29.7. The Hall–Kier alpha value is -1.49. The van der Waals surface area contributed by atoms with Crippen LogP contribution in [0.3, 0.4) is 0 Å². The van der Waals surface area contributed by atoms with Crippen molar-refractivity contribution in [3.05, 3.63) is 23.8 Å². The molecule has 152 valence electrons. The Kier molecular flexibility index (Phi) is 5.36. The third kappa shape index (κ3) is 3.83. The molecular formula is C23H34N4O. The fourth-order valence-electron chi connectivity index (χ4n) is 5.73. The maximum Gasteiger partial charge on any atom is 0.227 e. The maximum atomic E-state index is 13.0. The van der Waals surface area contributed by atoms with E-state index < -0.39 is 0 Å². The quantitative estimate of drug-likeness (QED) is 0.778. The van der Waals surface area contributed by atoms with Gasteiger partial charge in [0, 0.05) is 56.1 Å². The molecule has 5 aliphatic rings. The van der Waals surface area contributed by atoms with Gasteiger partial charge in [-0.15, -0.1) is 0 Å². The molecular weight excluding hydrogens is 348 g/mol. The number of carbonyl (C=O) groups excluding carboxylic acids is 1. The molecule has 1 aromatic rings. The number of amides is 1. The number of aromatic nitrogens is 2. The Bertz CT molecular complexity index is 680. The maximum absolute atomic E-state index is 13.0. The molecule has 2 aliphatic carbocycles. The van der Waals surface area contributed by atoms with E-state index in [1.165, 1.54) is 63.4 Å². The number of hydrogen-bond donors (Lipinski definition) is 0. The third-order valence-electron chi connectivity index (χ3n) is 7.65. The van der Waals surface area contributed by atoms with Gasteiger partial charge in [-0.25, -0.2) is 9.97 Å². The molecule has 3 saturated heterocycles. The highest BCUT2D eigenvalue weighted by Gasteiger charge is 2.41. The summed E-state index contributed by atoms with van der Waals surface area (Å²) in [6, 6.07) is 0.411. The van der Waals surface area contributed by atoms with E-state index in [4.69, 9.17) is 9.97 Å². The zero-order chi connectivity index (χ0) is 18.9. The van der Waals surface area contributed by atoms with E-state index in [1.54, 1.807) is 0 Å². The lowest BCUT2D eigenvalue weighted by Gasteiger charge is -2.40. The molecule has 0 N–H and O–H groups in total. The van der Waals surface area contributed by atoms with Gasteiger partial charge in [0.05, 0.1) is 5.92 Å². The van der Waals surface area contributed by atoms with Crippen LogP contribution in [0.1, 0.15) is 81.5 Å². The second kappa shape index (κ2) is 8.10. The summed E-state index contributed by atoms with van der Waals surface area (Å²) in [5.74, 6) is 2.99. The van der Waals surface area contributed by atoms with E-state index in [0.29, 0.717) is 17.9 Å². The van der Waals surface area contributed by atoms with Crippen molar-refractivity contribution in [3.8, 4) is 0 Å². The Balaban J connectivity index is 1.23. The number of fused-ring (bicyclic) bond motifs is 4. The summed E-state index contributed by atoms with van der Waals surface area (Å²) in [5.41, 5.74) is 1.19. The zero-order valence-corrected chi connectivity index (χ0v) is 17.1. The van der Waals surface area contributed by atoms with Crippen molar-refractivity contribution >= 4 is 5.91 Å². The second-order valence-electron chi connectivity index (χ2n) is 9.69. The SMILES string of the molecule is O=C1[C@H]2CC[C@H](CN(Cc3cnc(C4CCCCC4)nc3)C2)N1CC1CCC1. The summed E-state index contributed by atoms with van der Waals surface area (Å²) >= 11 is 0. The van der Waals surface area contributed by atoms with Crippen LogP contribution < -0.4 is 0 Å². The molecule has 0 radical (unpaired) electrons. The topological polar surface area (TPSA) is 49.3 Å². The van der Waals surface area contributed by atoms with Crippen LogP contribution >= 0.6 is 0 Å². The molecule has 5 nitrogen and oxygen atoms in total. The van der Waals surface area contributed by atoms with Crippen molar-refractivity contribution in [2.75, 3.05) is 19.6 Å². The highest BCUT2D eigenvalue weighted by atomic mass is 16.2. The molecule has 2 saturated carbocycles. The first kappa shape index (κ1) is 18.5. The second-order valence-corrected chi connectivity index (χ2v) is 9.69. The number of carbonyl (C=O) groups is 1. The smallest absolute Gasteiger partial charge is 0.227 e. The number of nitrogens with zero attached hydrogens (tertiary/aromatic N) is 4. The predicted molar refractivity (Wildman–Crippen MR) is 109 cm³/mol. The average molecular weight is 383 g/mol. The van der Waals surface area contributed by atoms with Crippen molar-refractivity contribution in [1.29, 1.82) is 0 Å². The van der Waals surface area contributed by atoms with Crippen LogP contribution in [0.15, 0.2) is 12.4 Å². The standard InChI is InChI=1S/C23H34N4O/c28-23-20-9-10-21(27(23)14-17-5-4-6-17)16-26(15-20)13-18-11-24-22(25-12-18)19-7-2-1-3-8-19/h11-12,17,19-21H,1-10,13-16H2/t20-,21+/m0/s1. The fourth-order valence-corrected chi connectivity index (χ4v) is 5.73. The summed E-state index contributed by atoms with van der Waals surface area (Å²) in [5, 5.41) is 0. The summed E-state index contributed by atoms with van der Waals surface area (Å²) in [4.78, 5) is 27.1. The molecule has 0 unspecified atom stereocenters. The summed E-state index contributed by atoms with van der Waals surface area (Å²) in [6.07, 6.45) is 16.8. The van der Waals surface area contributed by atoms with Gasteiger partial charge in [0.25, 0.3) is 0 Å². The molecule has 5 fully saturated rings. The zero-order valence-electron chi connectivity index (χ0n) is 17.1. The minimum Gasteiger partial charge on any atom is -0.338 e. The van der Waals surface area contributed by atoms with Gasteiger partial charge >= 0.3 is 0 Å². The number of rotatable bonds is 5. The van der Waals surface area contributed by atoms with Gasteiger partial charge in [0.15, 0.2) is 0 Å². The largest absolute Gasteiger partial charge is 0.338 e. The number of hydrogen-bond acceptors (Lipinski definition) is 4. The fraction of sp³-hybridized carbons (Fsp3) is 0.783. The lowest BCUT2D eigenvalue weighted by molar-refractivity contribution is -0.141. The number of piperidine rings is 1. The Labute approximate surface area is 168 Å². The Morgan fingerprint density at radius 2 is 1.64 bits per heavy atom. The van der Waals surface area contributed by atoms with E-state index >= 15 is 0 Å². The summed E-state index contributed by atoms with van der Waals surface area (Å²) in [7, 11) is 0. The first-order valence-corrected chi connectivity index (χ1v) is 11.6. The summed E-state index contributed by atoms with van der Waals surface area (Å²) < 4.78 is 0. The monoisotopic (exact) mass is 382 g/mol. The van der Waals surface area contributed by atoms with Gasteiger partial charge in [0.2, 0.25) is 5.91 Å². The van der Waals surface area contributed by atoms with E-state index in [9.17, 15) is 4.79 Å². The van der Waals surface area contributed by atoms with Crippen molar-refractivity contribution in [2.24, 2.45) is 11.8 Å². The van der Waals surface area contributed by atoms with Crippen LogP contribution in [-0.4, -0.2) is 51.4 Å². The van der Waals surface area contributed by atoms with Crippen molar-refractivity contribution < 1.29 is 4.79 Å². The molecule has 2 atom stereocenters. The molecule has 5 heteroatoms. The molecule has 4 heterocycles. The van der Waals surface area contributed by atoms with Crippen LogP contribution in [0, 0.1) is 11.8 Å². The Morgan fingerprint density at radius 3 is 2.36 bits per heavy atom. The van der Waals surface area contributed by atoms with Crippen molar-refractivity contribution in [3.63, 3.8) is 0 Å². The van der Waals surface area contributed by atoms with Crippen LogP contribution in [0.2, 0.25) is 0 Å². The molecule has 28 heavy (non-hydrogen) atoms. The van der Waals surface area contributed by atoms with E-state index in [0.717, 1.165) is 44.3 Å². The van der Waals surface area contributed by atoms with Gasteiger partial charge in [-0.05, 0) is 44.4 Å². The van der Waals surface area contributed by atoms with Gasteiger partial charge in [-0.2, -0.15) is 0 Å². The predicted octanol–water partition coefficient (Wildman–Crippen LogP) is 3.75. The molecule has 2 bridgehead atoms. The average Bonchev–Trinajstić information content (AvgIpc) is 2.96. The highest BCUT2D eigenvalue weighted by Crippen LogP contribution is 2.34. The van der Waals surface area contributed by atoms with Gasteiger partial charge < -0.3 is 4.90 Å². The molecule has 1 amide bonds. The lowest BCUT2D eigenvalue weighted by Crippen LogP contribution is -2.50. The van der Waals surface area contributed by atoms with Crippen LogP contribution in [0.25, 0.3) is 0 Å². The first-order chi connectivity index (χ1) is 13.8. The van der Waals surface area contributed by atoms with Crippen LogP contribution in [0.4, 0.5) is 0 Å². The Morgan fingerprint density at radius 1 is 0.857 bits per heavy atom. The first-order valence-electron chi connectivity index (χ1n) is 11.6. The van der Waals surface area contributed by atoms with Gasteiger partial charge in [-0.3, -0.25) is 9.69 Å². The minimum atomic E-state index is 0.196. The molecule has 0 spiro atoms. The third-order valence-corrected chi connectivity index (χ3v) is 7.65. The molecule has 1 aromatic heterocycles.